The zero-order valence-electron chi connectivity index (χ0n) is 9.71. The lowest BCUT2D eigenvalue weighted by Gasteiger charge is -2.13. The van der Waals surface area contributed by atoms with Crippen LogP contribution in [0.5, 0.6) is 5.75 Å². The van der Waals surface area contributed by atoms with Crippen LogP contribution in [0.3, 0.4) is 0 Å². The maximum atomic E-state index is 11.6. The normalized spacial score (nSPS) is 11.9. The maximum absolute atomic E-state index is 11.6. The minimum atomic E-state index is -1.26. The van der Waals surface area contributed by atoms with Gasteiger partial charge in [-0.05, 0) is 18.2 Å². The van der Waals surface area contributed by atoms with E-state index in [1.807, 2.05) is 0 Å². The molecular formula is C11H14N2O5. The van der Waals surface area contributed by atoms with Crippen LogP contribution in [0.25, 0.3) is 0 Å². The van der Waals surface area contributed by atoms with Gasteiger partial charge in [0.15, 0.2) is 0 Å². The van der Waals surface area contributed by atoms with E-state index in [4.69, 9.17) is 15.6 Å². The quantitative estimate of drug-likeness (QED) is 0.549. The van der Waals surface area contributed by atoms with Gasteiger partial charge in [-0.1, -0.05) is 0 Å². The summed E-state index contributed by atoms with van der Waals surface area (Å²) in [5.74, 6) is -2.03. The number of hydrogen-bond donors (Lipinski definition) is 4. The Morgan fingerprint density at radius 3 is 2.72 bits per heavy atom. The van der Waals surface area contributed by atoms with E-state index in [9.17, 15) is 14.7 Å². The van der Waals surface area contributed by atoms with Crippen molar-refractivity contribution in [1.82, 2.24) is 0 Å². The van der Waals surface area contributed by atoms with Gasteiger partial charge in [0.05, 0.1) is 17.9 Å². The molecule has 5 N–H and O–H groups in total. The van der Waals surface area contributed by atoms with E-state index in [2.05, 4.69) is 5.32 Å². The lowest BCUT2D eigenvalue weighted by Crippen LogP contribution is -2.39. The molecule has 7 heteroatoms. The molecule has 1 unspecified atom stereocenters. The number of ether oxygens (including phenoxy) is 1. The predicted molar refractivity (Wildman–Crippen MR) is 63.5 cm³/mol. The molecule has 0 bridgehead atoms. The molecule has 0 aliphatic heterocycles. The summed E-state index contributed by atoms with van der Waals surface area (Å²) in [5.41, 5.74) is 5.35. The van der Waals surface area contributed by atoms with Gasteiger partial charge in [-0.2, -0.15) is 0 Å². The summed E-state index contributed by atoms with van der Waals surface area (Å²) in [6, 6.07) is 2.70. The number of nitrogens with one attached hydrogen (secondary N) is 1. The molecule has 1 aromatic carbocycles. The minimum absolute atomic E-state index is 0.0202. The lowest BCUT2D eigenvalue weighted by atomic mass is 10.1. The Kier molecular flexibility index (Phi) is 4.64. The van der Waals surface area contributed by atoms with Crippen molar-refractivity contribution in [3.8, 4) is 5.75 Å². The van der Waals surface area contributed by atoms with Gasteiger partial charge in [-0.15, -0.1) is 0 Å². The van der Waals surface area contributed by atoms with Crippen LogP contribution in [0.2, 0.25) is 0 Å². The number of anilines is 1. The summed E-state index contributed by atoms with van der Waals surface area (Å²) < 4.78 is 4.72. The number of phenolic OH excluding ortho intramolecular Hbond substituents is 1. The third-order valence-corrected chi connectivity index (χ3v) is 2.17. The number of carbonyl (C=O) groups is 2. The third kappa shape index (κ3) is 3.44. The first-order valence-corrected chi connectivity index (χ1v) is 5.07. The van der Waals surface area contributed by atoms with E-state index in [0.717, 1.165) is 6.07 Å². The Bertz CT molecular complexity index is 461. The second kappa shape index (κ2) is 5.99. The van der Waals surface area contributed by atoms with Crippen LogP contribution in [0, 0.1) is 0 Å². The Morgan fingerprint density at radius 2 is 2.17 bits per heavy atom. The van der Waals surface area contributed by atoms with Crippen LogP contribution < -0.4 is 11.1 Å². The second-order valence-corrected chi connectivity index (χ2v) is 3.59. The van der Waals surface area contributed by atoms with Gasteiger partial charge in [0.1, 0.15) is 11.8 Å². The number of carboxylic acids is 1. The molecule has 98 valence electrons. The molecular weight excluding hydrogens is 240 g/mol. The first-order valence-electron chi connectivity index (χ1n) is 5.07. The first kappa shape index (κ1) is 13.9. The highest BCUT2D eigenvalue weighted by Crippen LogP contribution is 2.21. The number of carboxylic acid groups (broad SMARTS) is 1. The number of carbonyl (C=O) groups excluding carboxylic acids is 1. The van der Waals surface area contributed by atoms with Crippen LogP contribution in [0.4, 0.5) is 5.69 Å². The minimum Gasteiger partial charge on any atom is -0.508 e. The van der Waals surface area contributed by atoms with Gasteiger partial charge in [-0.25, -0.2) is 4.79 Å². The van der Waals surface area contributed by atoms with Crippen molar-refractivity contribution in [2.24, 2.45) is 5.73 Å². The van der Waals surface area contributed by atoms with Crippen molar-refractivity contribution in [3.05, 3.63) is 23.8 Å². The zero-order valence-corrected chi connectivity index (χ0v) is 9.71. The molecule has 0 aromatic heterocycles. The molecule has 18 heavy (non-hydrogen) atoms. The number of aromatic carboxylic acids is 1. The summed E-state index contributed by atoms with van der Waals surface area (Å²) in [5, 5.41) is 20.5. The average molecular weight is 254 g/mol. The fourth-order valence-electron chi connectivity index (χ4n) is 1.30. The summed E-state index contributed by atoms with van der Waals surface area (Å²) in [4.78, 5) is 22.5. The monoisotopic (exact) mass is 254 g/mol. The van der Waals surface area contributed by atoms with Gasteiger partial charge in [0, 0.05) is 7.11 Å². The Labute approximate surface area is 103 Å². The fourth-order valence-corrected chi connectivity index (χ4v) is 1.30. The average Bonchev–Trinajstić information content (AvgIpc) is 2.31. The van der Waals surface area contributed by atoms with E-state index in [1.54, 1.807) is 0 Å². The maximum Gasteiger partial charge on any atom is 0.337 e. The molecule has 0 aliphatic rings. The van der Waals surface area contributed by atoms with Crippen molar-refractivity contribution < 1.29 is 24.5 Å². The largest absolute Gasteiger partial charge is 0.508 e. The topological polar surface area (TPSA) is 122 Å². The van der Waals surface area contributed by atoms with E-state index in [-0.39, 0.29) is 23.6 Å². The highest BCUT2D eigenvalue weighted by molar-refractivity contribution is 6.02. The number of benzene rings is 1. The number of amides is 1. The molecule has 0 fully saturated rings. The van der Waals surface area contributed by atoms with Gasteiger partial charge >= 0.3 is 5.97 Å². The number of phenols is 1. The molecule has 1 atom stereocenters. The molecule has 1 rings (SSSR count). The lowest BCUT2D eigenvalue weighted by molar-refractivity contribution is -0.118. The van der Waals surface area contributed by atoms with Crippen molar-refractivity contribution in [1.29, 1.82) is 0 Å². The van der Waals surface area contributed by atoms with Crippen LogP contribution in [-0.2, 0) is 9.53 Å². The van der Waals surface area contributed by atoms with Crippen molar-refractivity contribution in [2.75, 3.05) is 19.0 Å². The SMILES string of the molecule is COCC(N)C(=O)Nc1ccc(O)cc1C(=O)O. The van der Waals surface area contributed by atoms with Crippen molar-refractivity contribution >= 4 is 17.6 Å². The summed E-state index contributed by atoms with van der Waals surface area (Å²) in [7, 11) is 1.40. The summed E-state index contributed by atoms with van der Waals surface area (Å²) >= 11 is 0. The fraction of sp³-hybridized carbons (Fsp3) is 0.273. The van der Waals surface area contributed by atoms with Crippen molar-refractivity contribution in [3.63, 3.8) is 0 Å². The van der Waals surface area contributed by atoms with Crippen LogP contribution in [0.15, 0.2) is 18.2 Å². The summed E-state index contributed by atoms with van der Waals surface area (Å²) in [6.07, 6.45) is 0. The number of methoxy groups -OCH3 is 1. The molecule has 0 radical (unpaired) electrons. The summed E-state index contributed by atoms with van der Waals surface area (Å²) in [6.45, 7) is 0.0202. The van der Waals surface area contributed by atoms with Crippen molar-refractivity contribution in [2.45, 2.75) is 6.04 Å². The highest BCUT2D eigenvalue weighted by Gasteiger charge is 2.17. The van der Waals surface area contributed by atoms with E-state index in [0.29, 0.717) is 0 Å². The zero-order chi connectivity index (χ0) is 13.7. The molecule has 0 saturated heterocycles. The Balaban J connectivity index is 2.90. The second-order valence-electron chi connectivity index (χ2n) is 3.59. The molecule has 7 nitrogen and oxygen atoms in total. The third-order valence-electron chi connectivity index (χ3n) is 2.17. The Hall–Kier alpha value is -2.12. The molecule has 1 aromatic rings. The molecule has 0 aliphatic carbocycles. The number of rotatable bonds is 5. The van der Waals surface area contributed by atoms with Crippen LogP contribution >= 0.6 is 0 Å². The van der Waals surface area contributed by atoms with E-state index >= 15 is 0 Å². The van der Waals surface area contributed by atoms with E-state index in [1.165, 1.54) is 19.2 Å². The highest BCUT2D eigenvalue weighted by atomic mass is 16.5. The van der Waals surface area contributed by atoms with Crippen LogP contribution in [-0.4, -0.2) is 41.8 Å². The van der Waals surface area contributed by atoms with Gasteiger partial charge in [0.2, 0.25) is 5.91 Å². The smallest absolute Gasteiger partial charge is 0.337 e. The van der Waals surface area contributed by atoms with E-state index < -0.39 is 17.9 Å². The molecule has 1 amide bonds. The first-order chi connectivity index (χ1) is 8.45. The Morgan fingerprint density at radius 1 is 1.50 bits per heavy atom. The number of hydrogen-bond acceptors (Lipinski definition) is 5. The number of nitrogens with two attached hydrogens (primary N) is 1. The van der Waals surface area contributed by atoms with Gasteiger partial charge in [0.25, 0.3) is 0 Å². The predicted octanol–water partition coefficient (Wildman–Crippen LogP) is 0.00260. The standard InChI is InChI=1S/C11H14N2O5/c1-18-5-8(12)10(15)13-9-3-2-6(14)4-7(9)11(16)17/h2-4,8,14H,5,12H2,1H3,(H,13,15)(H,16,17). The number of aromatic hydroxyl groups is 1. The molecule has 0 spiro atoms. The van der Waals surface area contributed by atoms with Crippen LogP contribution in [0.1, 0.15) is 10.4 Å². The molecule has 0 heterocycles. The van der Waals surface area contributed by atoms with Gasteiger partial charge in [-0.3, -0.25) is 4.79 Å². The molecule has 0 saturated carbocycles. The van der Waals surface area contributed by atoms with Gasteiger partial charge < -0.3 is 26.0 Å².